The van der Waals surface area contributed by atoms with Crippen molar-refractivity contribution < 1.29 is 23.0 Å². The Bertz CT molecular complexity index is 981. The molecule has 0 saturated carbocycles. The number of nitrogens with two attached hydrogens (primary N) is 1. The molecule has 0 saturated heterocycles. The predicted octanol–water partition coefficient (Wildman–Crippen LogP) is 9.26. The lowest BCUT2D eigenvalue weighted by atomic mass is 9.90. The van der Waals surface area contributed by atoms with E-state index in [4.69, 9.17) is 33.7 Å². The van der Waals surface area contributed by atoms with Crippen LogP contribution >= 0.6 is 23.2 Å². The SMILES string of the molecule is CCC(N)(CO)CCc1ccc(OCCCc2ccc(Cl)c(Cl)c2)c(CCCCCCCCCC(F)(F)F)c1. The van der Waals surface area contributed by atoms with E-state index in [-0.39, 0.29) is 13.0 Å². The van der Waals surface area contributed by atoms with Gasteiger partial charge in [-0.15, -0.1) is 0 Å². The number of aryl methyl sites for hydroxylation is 3. The summed E-state index contributed by atoms with van der Waals surface area (Å²) in [5.74, 6) is 0.886. The molecule has 39 heavy (non-hydrogen) atoms. The third-order valence-electron chi connectivity index (χ3n) is 7.31. The number of rotatable bonds is 19. The molecule has 0 aromatic heterocycles. The summed E-state index contributed by atoms with van der Waals surface area (Å²) in [6, 6.07) is 12.0. The molecule has 220 valence electrons. The summed E-state index contributed by atoms with van der Waals surface area (Å²) >= 11 is 12.1. The summed E-state index contributed by atoms with van der Waals surface area (Å²) in [5.41, 5.74) is 9.18. The minimum absolute atomic E-state index is 0.0351. The number of unbranched alkanes of at least 4 members (excludes halogenated alkanes) is 6. The quantitative estimate of drug-likeness (QED) is 0.160. The van der Waals surface area contributed by atoms with E-state index >= 15 is 0 Å². The molecule has 0 fully saturated rings. The van der Waals surface area contributed by atoms with E-state index in [9.17, 15) is 18.3 Å². The number of benzene rings is 2. The lowest BCUT2D eigenvalue weighted by molar-refractivity contribution is -0.135. The molecule has 0 aliphatic carbocycles. The third kappa shape index (κ3) is 13.6. The first-order chi connectivity index (χ1) is 18.5. The van der Waals surface area contributed by atoms with Crippen LogP contribution in [0.2, 0.25) is 10.0 Å². The van der Waals surface area contributed by atoms with E-state index in [1.54, 1.807) is 0 Å². The van der Waals surface area contributed by atoms with Crippen LogP contribution in [-0.2, 0) is 19.3 Å². The molecule has 2 rings (SSSR count). The van der Waals surface area contributed by atoms with Gasteiger partial charge in [-0.25, -0.2) is 0 Å². The van der Waals surface area contributed by atoms with Gasteiger partial charge in [-0.3, -0.25) is 0 Å². The third-order valence-corrected chi connectivity index (χ3v) is 8.05. The van der Waals surface area contributed by atoms with E-state index in [1.807, 2.05) is 31.2 Å². The fourth-order valence-corrected chi connectivity index (χ4v) is 4.88. The summed E-state index contributed by atoms with van der Waals surface area (Å²) in [6.45, 7) is 2.54. The Hall–Kier alpha value is -1.47. The van der Waals surface area contributed by atoms with Gasteiger partial charge in [0.25, 0.3) is 0 Å². The van der Waals surface area contributed by atoms with E-state index in [0.29, 0.717) is 35.9 Å². The van der Waals surface area contributed by atoms with Gasteiger partial charge in [0.2, 0.25) is 0 Å². The number of aliphatic hydroxyl groups excluding tert-OH is 1. The number of halogens is 5. The van der Waals surface area contributed by atoms with Crippen LogP contribution in [-0.4, -0.2) is 30.0 Å². The van der Waals surface area contributed by atoms with Gasteiger partial charge < -0.3 is 15.6 Å². The lowest BCUT2D eigenvalue weighted by Crippen LogP contribution is -2.43. The van der Waals surface area contributed by atoms with Crippen molar-refractivity contribution in [2.75, 3.05) is 13.2 Å². The van der Waals surface area contributed by atoms with Crippen molar-refractivity contribution in [2.45, 2.75) is 109 Å². The zero-order chi connectivity index (χ0) is 28.7. The Labute approximate surface area is 242 Å². The van der Waals surface area contributed by atoms with Crippen LogP contribution in [0.25, 0.3) is 0 Å². The first-order valence-corrected chi connectivity index (χ1v) is 15.0. The molecule has 3 nitrogen and oxygen atoms in total. The number of alkyl halides is 3. The standard InChI is InChI=1S/C31H44Cl2F3NO2/c1-2-30(37,23-38)19-17-25-14-16-29(39-20-10-11-24-13-15-27(32)28(33)22-24)26(21-25)12-8-6-4-3-5-7-9-18-31(34,35)36/h13-16,21-22,38H,2-12,17-20,23,37H2,1H3. The fourth-order valence-electron chi connectivity index (χ4n) is 4.56. The smallest absolute Gasteiger partial charge is 0.389 e. The van der Waals surface area contributed by atoms with Crippen molar-refractivity contribution in [2.24, 2.45) is 5.73 Å². The summed E-state index contributed by atoms with van der Waals surface area (Å²) in [6.07, 6.45) is 5.77. The Morgan fingerprint density at radius 1 is 0.769 bits per heavy atom. The van der Waals surface area contributed by atoms with Gasteiger partial charge in [0.15, 0.2) is 0 Å². The maximum atomic E-state index is 12.3. The molecule has 2 aromatic carbocycles. The average molecular weight is 591 g/mol. The topological polar surface area (TPSA) is 55.5 Å². The molecule has 0 aliphatic rings. The number of hydrogen-bond donors (Lipinski definition) is 2. The predicted molar refractivity (Wildman–Crippen MR) is 156 cm³/mol. The zero-order valence-electron chi connectivity index (χ0n) is 23.1. The van der Waals surface area contributed by atoms with E-state index in [0.717, 1.165) is 74.7 Å². The second kappa shape index (κ2) is 17.4. The number of aliphatic hydroxyl groups is 1. The molecule has 0 amide bonds. The van der Waals surface area contributed by atoms with Crippen LogP contribution < -0.4 is 10.5 Å². The van der Waals surface area contributed by atoms with Crippen molar-refractivity contribution in [3.63, 3.8) is 0 Å². The van der Waals surface area contributed by atoms with Crippen molar-refractivity contribution in [3.8, 4) is 5.75 Å². The van der Waals surface area contributed by atoms with Crippen molar-refractivity contribution >= 4 is 23.2 Å². The molecule has 3 N–H and O–H groups in total. The van der Waals surface area contributed by atoms with Crippen LogP contribution in [0.3, 0.4) is 0 Å². The minimum Gasteiger partial charge on any atom is -0.493 e. The van der Waals surface area contributed by atoms with Gasteiger partial charge in [0, 0.05) is 12.0 Å². The normalized spacial score (nSPS) is 13.4. The number of hydrogen-bond acceptors (Lipinski definition) is 3. The van der Waals surface area contributed by atoms with E-state index in [1.165, 1.54) is 5.56 Å². The molecule has 2 aromatic rings. The highest BCUT2D eigenvalue weighted by atomic mass is 35.5. The summed E-state index contributed by atoms with van der Waals surface area (Å²) in [5, 5.41) is 10.8. The largest absolute Gasteiger partial charge is 0.493 e. The first-order valence-electron chi connectivity index (χ1n) is 14.2. The van der Waals surface area contributed by atoms with Gasteiger partial charge in [-0.2, -0.15) is 13.2 Å². The molecular formula is C31H44Cl2F3NO2. The molecule has 0 spiro atoms. The summed E-state index contributed by atoms with van der Waals surface area (Å²) in [7, 11) is 0. The van der Waals surface area contributed by atoms with Crippen LogP contribution in [0.4, 0.5) is 13.2 Å². The second-order valence-electron chi connectivity index (χ2n) is 10.6. The maximum absolute atomic E-state index is 12.3. The van der Waals surface area contributed by atoms with E-state index in [2.05, 4.69) is 12.1 Å². The highest BCUT2D eigenvalue weighted by Gasteiger charge is 2.25. The number of ether oxygens (including phenoxy) is 1. The van der Waals surface area contributed by atoms with Gasteiger partial charge in [0.05, 0.1) is 23.3 Å². The van der Waals surface area contributed by atoms with Crippen molar-refractivity contribution in [3.05, 3.63) is 63.1 Å². The molecule has 0 radical (unpaired) electrons. The van der Waals surface area contributed by atoms with E-state index < -0.39 is 18.1 Å². The Morgan fingerprint density at radius 2 is 1.41 bits per heavy atom. The highest BCUT2D eigenvalue weighted by Crippen LogP contribution is 2.27. The second-order valence-corrected chi connectivity index (χ2v) is 11.4. The van der Waals surface area contributed by atoms with Crippen LogP contribution in [0.5, 0.6) is 5.75 Å². The van der Waals surface area contributed by atoms with Crippen molar-refractivity contribution in [1.82, 2.24) is 0 Å². The Balaban J connectivity index is 1.87. The highest BCUT2D eigenvalue weighted by molar-refractivity contribution is 6.42. The van der Waals surface area contributed by atoms with Crippen LogP contribution in [0, 0.1) is 0 Å². The molecule has 8 heteroatoms. The van der Waals surface area contributed by atoms with Gasteiger partial charge in [-0.05, 0) is 86.3 Å². The summed E-state index contributed by atoms with van der Waals surface area (Å²) < 4.78 is 43.0. The van der Waals surface area contributed by atoms with Crippen LogP contribution in [0.15, 0.2) is 36.4 Å². The molecule has 1 atom stereocenters. The molecule has 0 heterocycles. The van der Waals surface area contributed by atoms with Gasteiger partial charge in [0.1, 0.15) is 5.75 Å². The average Bonchev–Trinajstić information content (AvgIpc) is 2.90. The van der Waals surface area contributed by atoms with Crippen LogP contribution in [0.1, 0.15) is 94.2 Å². The molecule has 0 aliphatic heterocycles. The molecule has 1 unspecified atom stereocenters. The fraction of sp³-hybridized carbons (Fsp3) is 0.613. The maximum Gasteiger partial charge on any atom is 0.389 e. The Morgan fingerprint density at radius 3 is 2.05 bits per heavy atom. The monoisotopic (exact) mass is 589 g/mol. The molecule has 0 bridgehead atoms. The summed E-state index contributed by atoms with van der Waals surface area (Å²) in [4.78, 5) is 0. The van der Waals surface area contributed by atoms with Gasteiger partial charge >= 0.3 is 6.18 Å². The lowest BCUT2D eigenvalue weighted by Gasteiger charge is -2.25. The van der Waals surface area contributed by atoms with Crippen molar-refractivity contribution in [1.29, 1.82) is 0 Å². The Kier molecular flexibility index (Phi) is 15.0. The van der Waals surface area contributed by atoms with Gasteiger partial charge in [-0.1, -0.05) is 80.4 Å². The zero-order valence-corrected chi connectivity index (χ0v) is 24.6. The minimum atomic E-state index is -4.04. The first kappa shape index (κ1) is 33.7. The molecular weight excluding hydrogens is 546 g/mol.